The summed E-state index contributed by atoms with van der Waals surface area (Å²) in [5, 5.41) is 13.6. The van der Waals surface area contributed by atoms with Crippen LogP contribution in [-0.4, -0.2) is 79.9 Å². The molecule has 2 fully saturated rings. The van der Waals surface area contributed by atoms with E-state index in [2.05, 4.69) is 10.2 Å². The maximum absolute atomic E-state index is 11.6. The number of nitrogens with zero attached hydrogens (tertiary/aromatic N) is 2. The van der Waals surface area contributed by atoms with Crippen molar-refractivity contribution in [2.45, 2.75) is 38.3 Å². The van der Waals surface area contributed by atoms with Gasteiger partial charge >= 0.3 is 0 Å². The molecule has 2 aliphatic rings. The summed E-state index contributed by atoms with van der Waals surface area (Å²) >= 11 is 0. The van der Waals surface area contributed by atoms with E-state index in [1.54, 1.807) is 7.11 Å². The Labute approximate surface area is 167 Å². The van der Waals surface area contributed by atoms with E-state index in [1.807, 2.05) is 23.1 Å². The number of hydrogen-bond donors (Lipinski definition) is 2. The molecule has 0 spiro atoms. The molecule has 0 radical (unpaired) electrons. The molecule has 1 aromatic rings. The molecule has 0 saturated carbocycles. The third-order valence-corrected chi connectivity index (χ3v) is 5.39. The van der Waals surface area contributed by atoms with Gasteiger partial charge in [-0.3, -0.25) is 4.79 Å². The molecule has 1 aromatic carbocycles. The molecule has 7 heteroatoms. The van der Waals surface area contributed by atoms with Gasteiger partial charge in [0.05, 0.1) is 7.11 Å². The highest BCUT2D eigenvalue weighted by Gasteiger charge is 2.19. The number of carbonyl (C=O) groups is 1. The number of rotatable bonds is 11. The van der Waals surface area contributed by atoms with Crippen LogP contribution in [0.4, 0.5) is 0 Å². The second-order valence-corrected chi connectivity index (χ2v) is 7.62. The van der Waals surface area contributed by atoms with E-state index in [4.69, 9.17) is 9.47 Å². The molecule has 2 aliphatic heterocycles. The largest absolute Gasteiger partial charge is 0.493 e. The Bertz CT molecular complexity index is 634. The number of aliphatic hydroxyl groups excluding tert-OH is 1. The molecule has 1 atom stereocenters. The smallest absolute Gasteiger partial charge is 0.222 e. The molecule has 3 rings (SSSR count). The van der Waals surface area contributed by atoms with E-state index in [9.17, 15) is 9.90 Å². The highest BCUT2D eigenvalue weighted by atomic mass is 16.5. The van der Waals surface area contributed by atoms with Gasteiger partial charge in [0.25, 0.3) is 0 Å². The van der Waals surface area contributed by atoms with Crippen LogP contribution in [0.25, 0.3) is 0 Å². The fourth-order valence-electron chi connectivity index (χ4n) is 3.83. The van der Waals surface area contributed by atoms with Gasteiger partial charge in [0.15, 0.2) is 11.5 Å². The van der Waals surface area contributed by atoms with Gasteiger partial charge in [-0.15, -0.1) is 0 Å². The molecule has 7 nitrogen and oxygen atoms in total. The van der Waals surface area contributed by atoms with Crippen LogP contribution in [0.5, 0.6) is 11.5 Å². The zero-order valence-corrected chi connectivity index (χ0v) is 16.9. The number of amides is 1. The Balaban J connectivity index is 1.44. The molecule has 1 unspecified atom stereocenters. The fourth-order valence-corrected chi connectivity index (χ4v) is 3.83. The number of hydrogen-bond acceptors (Lipinski definition) is 6. The first kappa shape index (κ1) is 20.9. The van der Waals surface area contributed by atoms with E-state index in [0.717, 1.165) is 44.7 Å². The lowest BCUT2D eigenvalue weighted by atomic mass is 10.2. The Morgan fingerprint density at radius 2 is 2.00 bits per heavy atom. The first-order valence-electron chi connectivity index (χ1n) is 10.3. The van der Waals surface area contributed by atoms with Gasteiger partial charge in [-0.05, 0) is 50.0 Å². The molecule has 1 amide bonds. The van der Waals surface area contributed by atoms with Crippen molar-refractivity contribution in [1.82, 2.24) is 15.1 Å². The second kappa shape index (κ2) is 10.6. The minimum absolute atomic E-state index is 0.251. The summed E-state index contributed by atoms with van der Waals surface area (Å²) in [5.41, 5.74) is 1.08. The quantitative estimate of drug-likeness (QED) is 0.553. The summed E-state index contributed by atoms with van der Waals surface area (Å²) in [6, 6.07) is 5.85. The predicted molar refractivity (Wildman–Crippen MR) is 108 cm³/mol. The first-order chi connectivity index (χ1) is 13.7. The number of aliphatic hydroxyl groups is 1. The number of ether oxygens (including phenoxy) is 2. The normalized spacial score (nSPS) is 18.6. The molecular weight excluding hydrogens is 358 g/mol. The van der Waals surface area contributed by atoms with E-state index in [1.165, 1.54) is 12.8 Å². The molecule has 2 N–H and O–H groups in total. The highest BCUT2D eigenvalue weighted by Crippen LogP contribution is 2.28. The van der Waals surface area contributed by atoms with Gasteiger partial charge in [0, 0.05) is 39.1 Å². The van der Waals surface area contributed by atoms with Crippen LogP contribution in [0.1, 0.15) is 31.2 Å². The molecule has 2 saturated heterocycles. The number of nitrogens with one attached hydrogen (secondary N) is 1. The van der Waals surface area contributed by atoms with Crippen LogP contribution in [0.2, 0.25) is 0 Å². The molecule has 0 aliphatic carbocycles. The minimum atomic E-state index is -0.511. The van der Waals surface area contributed by atoms with Crippen LogP contribution >= 0.6 is 0 Å². The van der Waals surface area contributed by atoms with E-state index >= 15 is 0 Å². The van der Waals surface area contributed by atoms with Crippen molar-refractivity contribution in [3.05, 3.63) is 23.8 Å². The average molecular weight is 392 g/mol. The zero-order valence-electron chi connectivity index (χ0n) is 16.9. The van der Waals surface area contributed by atoms with Crippen molar-refractivity contribution in [2.24, 2.45) is 0 Å². The SMILES string of the molecule is COc1ccc(CNCCN2CCCC2=O)cc1OCC(O)CN1CCCC1. The fraction of sp³-hybridized carbons (Fsp3) is 0.667. The molecular formula is C21H33N3O4. The van der Waals surface area contributed by atoms with Crippen molar-refractivity contribution >= 4 is 5.91 Å². The van der Waals surface area contributed by atoms with Crippen molar-refractivity contribution in [3.8, 4) is 11.5 Å². The summed E-state index contributed by atoms with van der Waals surface area (Å²) < 4.78 is 11.2. The minimum Gasteiger partial charge on any atom is -0.493 e. The standard InChI is InChI=1S/C21H33N3O4/c1-27-19-7-6-17(14-22-8-12-24-11-4-5-21(24)26)13-20(19)28-16-18(25)15-23-9-2-3-10-23/h6-7,13,18,22,25H,2-5,8-12,14-16H2,1H3. The summed E-state index contributed by atoms with van der Waals surface area (Å²) in [7, 11) is 1.62. The van der Waals surface area contributed by atoms with Crippen LogP contribution in [0, 0.1) is 0 Å². The molecule has 2 heterocycles. The topological polar surface area (TPSA) is 74.3 Å². The summed E-state index contributed by atoms with van der Waals surface area (Å²) in [4.78, 5) is 15.8. The molecule has 0 bridgehead atoms. The monoisotopic (exact) mass is 391 g/mol. The first-order valence-corrected chi connectivity index (χ1v) is 10.3. The Morgan fingerprint density at radius 1 is 1.18 bits per heavy atom. The van der Waals surface area contributed by atoms with Crippen LogP contribution in [0.15, 0.2) is 18.2 Å². The van der Waals surface area contributed by atoms with Crippen molar-refractivity contribution in [3.63, 3.8) is 0 Å². The number of methoxy groups -OCH3 is 1. The van der Waals surface area contributed by atoms with Crippen LogP contribution in [0.3, 0.4) is 0 Å². The van der Waals surface area contributed by atoms with Gasteiger partial charge in [0.1, 0.15) is 12.7 Å². The summed E-state index contributed by atoms with van der Waals surface area (Å²) in [6.45, 7) is 6.11. The zero-order chi connectivity index (χ0) is 19.8. The van der Waals surface area contributed by atoms with Crippen LogP contribution < -0.4 is 14.8 Å². The Morgan fingerprint density at radius 3 is 2.71 bits per heavy atom. The van der Waals surface area contributed by atoms with E-state index in [-0.39, 0.29) is 12.5 Å². The predicted octanol–water partition coefficient (Wildman–Crippen LogP) is 1.24. The maximum atomic E-state index is 11.6. The third-order valence-electron chi connectivity index (χ3n) is 5.39. The number of β-amino-alcohol motifs (C(OH)–C–C–N with tert-alkyl or cyclic N) is 1. The summed E-state index contributed by atoms with van der Waals surface area (Å²) in [6.07, 6.45) is 3.57. The lowest BCUT2D eigenvalue weighted by Crippen LogP contribution is -2.33. The number of benzene rings is 1. The average Bonchev–Trinajstić information content (AvgIpc) is 3.35. The van der Waals surface area contributed by atoms with Crippen LogP contribution in [-0.2, 0) is 11.3 Å². The highest BCUT2D eigenvalue weighted by molar-refractivity contribution is 5.78. The third kappa shape index (κ3) is 6.09. The Kier molecular flexibility index (Phi) is 7.94. The summed E-state index contributed by atoms with van der Waals surface area (Å²) in [5.74, 6) is 1.58. The lowest BCUT2D eigenvalue weighted by molar-refractivity contribution is -0.127. The Hall–Kier alpha value is -1.83. The van der Waals surface area contributed by atoms with Gasteiger partial charge in [-0.1, -0.05) is 6.07 Å². The van der Waals surface area contributed by atoms with Gasteiger partial charge in [-0.2, -0.15) is 0 Å². The number of likely N-dealkylation sites (tertiary alicyclic amines) is 2. The van der Waals surface area contributed by atoms with Crippen molar-refractivity contribution < 1.29 is 19.4 Å². The van der Waals surface area contributed by atoms with Crippen molar-refractivity contribution in [2.75, 3.05) is 53.0 Å². The van der Waals surface area contributed by atoms with Gasteiger partial charge in [0.2, 0.25) is 5.91 Å². The molecule has 0 aromatic heterocycles. The second-order valence-electron chi connectivity index (χ2n) is 7.62. The van der Waals surface area contributed by atoms with E-state index < -0.39 is 6.10 Å². The van der Waals surface area contributed by atoms with E-state index in [0.29, 0.717) is 31.0 Å². The van der Waals surface area contributed by atoms with Gasteiger partial charge in [-0.25, -0.2) is 0 Å². The number of carbonyl (C=O) groups excluding carboxylic acids is 1. The van der Waals surface area contributed by atoms with Gasteiger partial charge < -0.3 is 29.7 Å². The maximum Gasteiger partial charge on any atom is 0.222 e. The molecule has 156 valence electrons. The lowest BCUT2D eigenvalue weighted by Gasteiger charge is -2.20. The van der Waals surface area contributed by atoms with Crippen molar-refractivity contribution in [1.29, 1.82) is 0 Å². The molecule has 28 heavy (non-hydrogen) atoms.